The van der Waals surface area contributed by atoms with Gasteiger partial charge in [0.2, 0.25) is 0 Å². The third-order valence-corrected chi connectivity index (χ3v) is 2.47. The van der Waals surface area contributed by atoms with Crippen LogP contribution in [0.25, 0.3) is 0 Å². The number of aliphatic hydroxyl groups is 1. The zero-order valence-corrected chi connectivity index (χ0v) is 9.51. The van der Waals surface area contributed by atoms with E-state index in [2.05, 4.69) is 5.16 Å². The zero-order chi connectivity index (χ0) is 12.1. The lowest BCUT2D eigenvalue weighted by Crippen LogP contribution is -2.22. The van der Waals surface area contributed by atoms with E-state index in [1.807, 2.05) is 31.0 Å². The number of rotatable bonds is 4. The number of oxime groups is 1. The summed E-state index contributed by atoms with van der Waals surface area (Å²) in [5.41, 5.74) is 8.15. The van der Waals surface area contributed by atoms with Crippen LogP contribution in [0.3, 0.4) is 0 Å². The first-order valence-corrected chi connectivity index (χ1v) is 5.00. The summed E-state index contributed by atoms with van der Waals surface area (Å²) in [4.78, 5) is 1.93. The molecule has 0 spiro atoms. The van der Waals surface area contributed by atoms with Crippen LogP contribution in [0.1, 0.15) is 11.1 Å². The molecule has 0 aliphatic rings. The molecule has 16 heavy (non-hydrogen) atoms. The average molecular weight is 223 g/mol. The van der Waals surface area contributed by atoms with E-state index < -0.39 is 0 Å². The van der Waals surface area contributed by atoms with Crippen LogP contribution in [0, 0.1) is 6.92 Å². The lowest BCUT2D eigenvalue weighted by molar-refractivity contribution is 0.304. The highest BCUT2D eigenvalue weighted by molar-refractivity contribution is 5.98. The highest BCUT2D eigenvalue weighted by Crippen LogP contribution is 2.17. The molecule has 0 saturated carbocycles. The third-order valence-electron chi connectivity index (χ3n) is 2.47. The van der Waals surface area contributed by atoms with Crippen LogP contribution in [0.4, 0.5) is 5.69 Å². The zero-order valence-electron chi connectivity index (χ0n) is 9.51. The van der Waals surface area contributed by atoms with Crippen molar-refractivity contribution in [3.05, 3.63) is 29.3 Å². The van der Waals surface area contributed by atoms with Crippen LogP contribution in [0.2, 0.25) is 0 Å². The second kappa shape index (κ2) is 5.37. The third kappa shape index (κ3) is 2.64. The first-order chi connectivity index (χ1) is 7.60. The molecular formula is C11H17N3O2. The van der Waals surface area contributed by atoms with Gasteiger partial charge in [-0.15, -0.1) is 0 Å². The molecule has 0 aliphatic carbocycles. The van der Waals surface area contributed by atoms with Crippen molar-refractivity contribution < 1.29 is 10.3 Å². The Morgan fingerprint density at radius 3 is 2.69 bits per heavy atom. The van der Waals surface area contributed by atoms with E-state index in [-0.39, 0.29) is 12.4 Å². The summed E-state index contributed by atoms with van der Waals surface area (Å²) in [7, 11) is 1.90. The SMILES string of the molecule is Cc1cc(N(C)CCO)ccc1/C(N)=N/O. The summed E-state index contributed by atoms with van der Waals surface area (Å²) in [6.45, 7) is 2.57. The highest BCUT2D eigenvalue weighted by atomic mass is 16.4. The van der Waals surface area contributed by atoms with E-state index in [9.17, 15) is 0 Å². The molecule has 0 saturated heterocycles. The van der Waals surface area contributed by atoms with Gasteiger partial charge in [-0.25, -0.2) is 0 Å². The van der Waals surface area contributed by atoms with Gasteiger partial charge in [0.1, 0.15) is 0 Å². The molecule has 0 bridgehead atoms. The van der Waals surface area contributed by atoms with Crippen LogP contribution in [-0.4, -0.2) is 36.3 Å². The second-order valence-corrected chi connectivity index (χ2v) is 3.63. The Bertz CT molecular complexity index is 391. The van der Waals surface area contributed by atoms with Crippen molar-refractivity contribution in [2.24, 2.45) is 10.9 Å². The van der Waals surface area contributed by atoms with Crippen molar-refractivity contribution in [1.82, 2.24) is 0 Å². The summed E-state index contributed by atoms with van der Waals surface area (Å²) >= 11 is 0. The van der Waals surface area contributed by atoms with Gasteiger partial charge in [0.25, 0.3) is 0 Å². The number of hydrogen-bond donors (Lipinski definition) is 3. The predicted molar refractivity (Wildman–Crippen MR) is 64.0 cm³/mol. The van der Waals surface area contributed by atoms with Crippen molar-refractivity contribution in [3.8, 4) is 0 Å². The molecule has 5 heteroatoms. The molecular weight excluding hydrogens is 206 g/mol. The minimum atomic E-state index is 0.105. The number of aliphatic hydroxyl groups excluding tert-OH is 1. The lowest BCUT2D eigenvalue weighted by Gasteiger charge is -2.19. The molecule has 5 nitrogen and oxygen atoms in total. The van der Waals surface area contributed by atoms with Crippen molar-refractivity contribution in [3.63, 3.8) is 0 Å². The summed E-state index contributed by atoms with van der Waals surface area (Å²) in [5, 5.41) is 20.4. The molecule has 0 fully saturated rings. The number of nitrogens with zero attached hydrogens (tertiary/aromatic N) is 2. The van der Waals surface area contributed by atoms with Gasteiger partial charge in [-0.2, -0.15) is 0 Å². The fourth-order valence-electron chi connectivity index (χ4n) is 1.51. The maximum atomic E-state index is 8.83. The van der Waals surface area contributed by atoms with Crippen molar-refractivity contribution in [1.29, 1.82) is 0 Å². The number of likely N-dealkylation sites (N-methyl/N-ethyl adjacent to an activating group) is 1. The largest absolute Gasteiger partial charge is 0.409 e. The standard InChI is InChI=1S/C11H17N3O2/c1-8-7-9(14(2)5-6-15)3-4-10(8)11(12)13-16/h3-4,7,15-16H,5-6H2,1-2H3,(H2,12,13). The fourth-order valence-corrected chi connectivity index (χ4v) is 1.51. The van der Waals surface area contributed by atoms with E-state index in [1.54, 1.807) is 6.07 Å². The number of aryl methyl sites for hydroxylation is 1. The summed E-state index contributed by atoms with van der Waals surface area (Å²) in [6.07, 6.45) is 0. The van der Waals surface area contributed by atoms with Gasteiger partial charge in [-0.1, -0.05) is 5.16 Å². The lowest BCUT2D eigenvalue weighted by atomic mass is 10.1. The number of amidine groups is 1. The van der Waals surface area contributed by atoms with Crippen molar-refractivity contribution >= 4 is 11.5 Å². The van der Waals surface area contributed by atoms with Gasteiger partial charge in [0, 0.05) is 24.8 Å². The summed E-state index contributed by atoms with van der Waals surface area (Å²) < 4.78 is 0. The van der Waals surface area contributed by atoms with E-state index >= 15 is 0 Å². The van der Waals surface area contributed by atoms with Crippen molar-refractivity contribution in [2.45, 2.75) is 6.92 Å². The maximum absolute atomic E-state index is 8.83. The molecule has 4 N–H and O–H groups in total. The first kappa shape index (κ1) is 12.3. The van der Waals surface area contributed by atoms with Crippen LogP contribution >= 0.6 is 0 Å². The Labute approximate surface area is 94.8 Å². The van der Waals surface area contributed by atoms with E-state index in [1.165, 1.54) is 0 Å². The van der Waals surface area contributed by atoms with Gasteiger partial charge in [-0.05, 0) is 30.7 Å². The van der Waals surface area contributed by atoms with Crippen LogP contribution in [0.5, 0.6) is 0 Å². The van der Waals surface area contributed by atoms with E-state index in [0.29, 0.717) is 12.1 Å². The number of hydrogen-bond acceptors (Lipinski definition) is 4. The number of benzene rings is 1. The van der Waals surface area contributed by atoms with Gasteiger partial charge in [-0.3, -0.25) is 0 Å². The fraction of sp³-hybridized carbons (Fsp3) is 0.364. The van der Waals surface area contributed by atoms with Gasteiger partial charge in [0.05, 0.1) is 6.61 Å². The quantitative estimate of drug-likeness (QED) is 0.301. The molecule has 88 valence electrons. The molecule has 1 aromatic rings. The summed E-state index contributed by atoms with van der Waals surface area (Å²) in [5.74, 6) is 0.105. The second-order valence-electron chi connectivity index (χ2n) is 3.63. The Hall–Kier alpha value is -1.75. The normalized spacial score (nSPS) is 11.6. The number of anilines is 1. The average Bonchev–Trinajstić information content (AvgIpc) is 2.28. The Balaban J connectivity index is 2.99. The first-order valence-electron chi connectivity index (χ1n) is 5.00. The predicted octanol–water partition coefficient (Wildman–Crippen LogP) is 0.518. The van der Waals surface area contributed by atoms with E-state index in [4.69, 9.17) is 16.0 Å². The number of nitrogens with two attached hydrogens (primary N) is 1. The molecule has 0 atom stereocenters. The molecule has 1 aromatic carbocycles. The summed E-state index contributed by atoms with van der Waals surface area (Å²) in [6, 6.07) is 5.60. The van der Waals surface area contributed by atoms with Crippen LogP contribution in [0.15, 0.2) is 23.4 Å². The Morgan fingerprint density at radius 2 is 2.19 bits per heavy atom. The van der Waals surface area contributed by atoms with Gasteiger partial charge < -0.3 is 20.9 Å². The molecule has 0 unspecified atom stereocenters. The van der Waals surface area contributed by atoms with E-state index in [0.717, 1.165) is 11.3 Å². The smallest absolute Gasteiger partial charge is 0.170 e. The van der Waals surface area contributed by atoms with Gasteiger partial charge in [0.15, 0.2) is 5.84 Å². The highest BCUT2D eigenvalue weighted by Gasteiger charge is 2.06. The van der Waals surface area contributed by atoms with Crippen LogP contribution in [-0.2, 0) is 0 Å². The minimum Gasteiger partial charge on any atom is -0.409 e. The minimum absolute atomic E-state index is 0.105. The molecule has 0 radical (unpaired) electrons. The molecule has 0 amide bonds. The molecule has 0 heterocycles. The molecule has 0 aliphatic heterocycles. The molecule has 1 rings (SSSR count). The Kier molecular flexibility index (Phi) is 4.13. The van der Waals surface area contributed by atoms with Crippen LogP contribution < -0.4 is 10.6 Å². The van der Waals surface area contributed by atoms with Gasteiger partial charge >= 0.3 is 0 Å². The topological polar surface area (TPSA) is 82.1 Å². The van der Waals surface area contributed by atoms with Crippen molar-refractivity contribution in [2.75, 3.05) is 25.1 Å². The molecule has 0 aromatic heterocycles. The maximum Gasteiger partial charge on any atom is 0.170 e. The Morgan fingerprint density at radius 1 is 1.50 bits per heavy atom. The monoisotopic (exact) mass is 223 g/mol.